The summed E-state index contributed by atoms with van der Waals surface area (Å²) in [7, 11) is 0. The molecule has 1 aliphatic rings. The number of anilines is 1. The van der Waals surface area contributed by atoms with Crippen molar-refractivity contribution in [2.45, 2.75) is 32.4 Å². The fourth-order valence-corrected chi connectivity index (χ4v) is 3.80. The third-order valence-electron chi connectivity index (χ3n) is 5.13. The number of aryl methyl sites for hydroxylation is 2. The largest absolute Gasteiger partial charge is 0.433 e. The van der Waals surface area contributed by atoms with Gasteiger partial charge in [-0.25, -0.2) is 4.68 Å². The fraction of sp³-hybridized carbons (Fsp3) is 0.286. The second-order valence-electron chi connectivity index (χ2n) is 6.98. The average molecular weight is 415 g/mol. The molecule has 0 fully saturated rings. The van der Waals surface area contributed by atoms with Crippen molar-refractivity contribution < 1.29 is 18.3 Å². The highest BCUT2D eigenvalue weighted by atomic mass is 19.3. The lowest BCUT2D eigenvalue weighted by atomic mass is 10.0. The third kappa shape index (κ3) is 3.70. The van der Waals surface area contributed by atoms with Gasteiger partial charge in [0.2, 0.25) is 5.91 Å². The topological polar surface area (TPSA) is 84.4 Å². The van der Waals surface area contributed by atoms with E-state index in [1.807, 2.05) is 0 Å². The number of aromatic nitrogens is 2. The van der Waals surface area contributed by atoms with Crippen molar-refractivity contribution in [1.82, 2.24) is 9.78 Å². The van der Waals surface area contributed by atoms with E-state index in [4.69, 9.17) is 0 Å². The van der Waals surface area contributed by atoms with Gasteiger partial charge in [-0.05, 0) is 36.6 Å². The molecule has 0 radical (unpaired) electrons. The first-order valence-corrected chi connectivity index (χ1v) is 9.54. The van der Waals surface area contributed by atoms with Gasteiger partial charge in [0.05, 0.1) is 23.0 Å². The third-order valence-corrected chi connectivity index (χ3v) is 5.13. The number of hydrogen-bond acceptors (Lipinski definition) is 4. The second kappa shape index (κ2) is 8.10. The van der Waals surface area contributed by atoms with E-state index in [0.717, 1.165) is 10.2 Å². The SMILES string of the molecule is O=C(CCn1[nH]c(=O)c2ccccc2c1=O)N1CCCc2cccc(OC(F)F)c21. The summed E-state index contributed by atoms with van der Waals surface area (Å²) in [5.74, 6) is -0.394. The molecule has 0 unspecified atom stereocenters. The molecule has 1 amide bonds. The van der Waals surface area contributed by atoms with Crippen LogP contribution in [-0.4, -0.2) is 28.8 Å². The van der Waals surface area contributed by atoms with E-state index in [0.29, 0.717) is 25.1 Å². The van der Waals surface area contributed by atoms with E-state index in [1.54, 1.807) is 36.4 Å². The molecular weight excluding hydrogens is 396 g/mol. The van der Waals surface area contributed by atoms with Crippen LogP contribution in [-0.2, 0) is 17.8 Å². The van der Waals surface area contributed by atoms with Crippen molar-refractivity contribution in [3.8, 4) is 5.75 Å². The summed E-state index contributed by atoms with van der Waals surface area (Å²) >= 11 is 0. The highest BCUT2D eigenvalue weighted by Crippen LogP contribution is 2.37. The van der Waals surface area contributed by atoms with E-state index in [1.165, 1.54) is 11.0 Å². The van der Waals surface area contributed by atoms with Crippen molar-refractivity contribution in [2.24, 2.45) is 0 Å². The standard InChI is InChI=1S/C21H19F2N3O4/c22-21(23)30-16-9-3-5-13-6-4-11-25(18(13)16)17(27)10-12-26-20(29)15-8-2-1-7-14(15)19(28)24-26/h1-3,5,7-9,21H,4,6,10-12H2,(H,24,28). The van der Waals surface area contributed by atoms with Crippen LogP contribution in [0, 0.1) is 0 Å². The Bertz CT molecular complexity index is 1220. The molecule has 0 saturated carbocycles. The molecule has 1 aromatic heterocycles. The number of benzene rings is 2. The Kier molecular flexibility index (Phi) is 5.35. The minimum absolute atomic E-state index is 0.0402. The van der Waals surface area contributed by atoms with Crippen LogP contribution in [0.15, 0.2) is 52.1 Å². The maximum absolute atomic E-state index is 12.9. The summed E-state index contributed by atoms with van der Waals surface area (Å²) < 4.78 is 31.3. The smallest absolute Gasteiger partial charge is 0.387 e. The molecule has 156 valence electrons. The lowest BCUT2D eigenvalue weighted by Gasteiger charge is -2.31. The van der Waals surface area contributed by atoms with E-state index in [-0.39, 0.29) is 35.4 Å². The normalized spacial score (nSPS) is 13.5. The maximum atomic E-state index is 12.9. The first-order valence-electron chi connectivity index (χ1n) is 9.54. The monoisotopic (exact) mass is 415 g/mol. The van der Waals surface area contributed by atoms with Gasteiger partial charge in [0, 0.05) is 13.0 Å². The number of amides is 1. The number of H-pyrrole nitrogens is 1. The molecule has 1 aliphatic heterocycles. The number of alkyl halides is 2. The Labute approximate surface area is 169 Å². The zero-order valence-corrected chi connectivity index (χ0v) is 15.9. The Morgan fingerprint density at radius 1 is 1.10 bits per heavy atom. The van der Waals surface area contributed by atoms with Crippen LogP contribution in [0.2, 0.25) is 0 Å². The molecule has 0 saturated heterocycles. The molecule has 0 atom stereocenters. The van der Waals surface area contributed by atoms with Crippen LogP contribution in [0.4, 0.5) is 14.5 Å². The van der Waals surface area contributed by atoms with Crippen molar-refractivity contribution in [3.05, 3.63) is 68.7 Å². The zero-order chi connectivity index (χ0) is 21.3. The van der Waals surface area contributed by atoms with Crippen molar-refractivity contribution in [1.29, 1.82) is 0 Å². The first-order chi connectivity index (χ1) is 14.5. The van der Waals surface area contributed by atoms with Crippen LogP contribution in [0.1, 0.15) is 18.4 Å². The number of nitrogens with zero attached hydrogens (tertiary/aromatic N) is 2. The molecule has 2 heterocycles. The number of hydrogen-bond donors (Lipinski definition) is 1. The van der Waals surface area contributed by atoms with Gasteiger partial charge >= 0.3 is 6.61 Å². The molecule has 4 rings (SSSR count). The van der Waals surface area contributed by atoms with E-state index in [9.17, 15) is 23.2 Å². The van der Waals surface area contributed by atoms with Crippen LogP contribution in [0.3, 0.4) is 0 Å². The van der Waals surface area contributed by atoms with Crippen molar-refractivity contribution in [2.75, 3.05) is 11.4 Å². The molecule has 1 N–H and O–H groups in total. The van der Waals surface area contributed by atoms with Gasteiger partial charge in [-0.2, -0.15) is 8.78 Å². The van der Waals surface area contributed by atoms with Gasteiger partial charge in [0.1, 0.15) is 5.75 Å². The molecule has 9 heteroatoms. The lowest BCUT2D eigenvalue weighted by molar-refractivity contribution is -0.119. The predicted molar refractivity (Wildman–Crippen MR) is 107 cm³/mol. The minimum Gasteiger partial charge on any atom is -0.433 e. The Hall–Kier alpha value is -3.49. The summed E-state index contributed by atoms with van der Waals surface area (Å²) in [5, 5.41) is 3.04. The number of nitrogens with one attached hydrogen (secondary N) is 1. The molecule has 7 nitrogen and oxygen atoms in total. The average Bonchev–Trinajstić information content (AvgIpc) is 2.74. The van der Waals surface area contributed by atoms with Crippen molar-refractivity contribution in [3.63, 3.8) is 0 Å². The first kappa shape index (κ1) is 19.8. The van der Waals surface area contributed by atoms with Gasteiger partial charge in [-0.1, -0.05) is 24.3 Å². The fourth-order valence-electron chi connectivity index (χ4n) is 3.80. The van der Waals surface area contributed by atoms with Crippen LogP contribution >= 0.6 is 0 Å². The number of aromatic amines is 1. The van der Waals surface area contributed by atoms with Gasteiger partial charge < -0.3 is 9.64 Å². The summed E-state index contributed by atoms with van der Waals surface area (Å²) in [4.78, 5) is 39.1. The zero-order valence-electron chi connectivity index (χ0n) is 15.9. The molecule has 2 aromatic carbocycles. The quantitative estimate of drug-likeness (QED) is 0.695. The Balaban J connectivity index is 1.60. The number of carbonyl (C=O) groups excluding carboxylic acids is 1. The minimum atomic E-state index is -3.00. The molecule has 3 aromatic rings. The molecule has 0 spiro atoms. The molecule has 30 heavy (non-hydrogen) atoms. The summed E-state index contributed by atoms with van der Waals surface area (Å²) in [6.07, 6.45) is 1.25. The van der Waals surface area contributed by atoms with Gasteiger partial charge in [0.15, 0.2) is 0 Å². The van der Waals surface area contributed by atoms with Crippen molar-refractivity contribution >= 4 is 22.4 Å². The van der Waals surface area contributed by atoms with Gasteiger partial charge in [-0.3, -0.25) is 19.5 Å². The molecule has 0 bridgehead atoms. The summed E-state index contributed by atoms with van der Waals surface area (Å²) in [6.45, 7) is -2.68. The van der Waals surface area contributed by atoms with E-state index in [2.05, 4.69) is 9.84 Å². The Morgan fingerprint density at radius 3 is 2.63 bits per heavy atom. The molecular formula is C21H19F2N3O4. The summed E-state index contributed by atoms with van der Waals surface area (Å²) in [6, 6.07) is 11.2. The maximum Gasteiger partial charge on any atom is 0.387 e. The lowest BCUT2D eigenvalue weighted by Crippen LogP contribution is -2.38. The number of rotatable bonds is 5. The highest BCUT2D eigenvalue weighted by molar-refractivity contribution is 5.96. The predicted octanol–water partition coefficient (Wildman–Crippen LogP) is 2.66. The highest BCUT2D eigenvalue weighted by Gasteiger charge is 2.27. The number of carbonyl (C=O) groups is 1. The van der Waals surface area contributed by atoms with Gasteiger partial charge in [0.25, 0.3) is 11.1 Å². The number of fused-ring (bicyclic) bond motifs is 2. The van der Waals surface area contributed by atoms with Crippen LogP contribution in [0.25, 0.3) is 10.8 Å². The van der Waals surface area contributed by atoms with Gasteiger partial charge in [-0.15, -0.1) is 0 Å². The van der Waals surface area contributed by atoms with Crippen LogP contribution < -0.4 is 20.8 Å². The second-order valence-corrected chi connectivity index (χ2v) is 6.98. The number of para-hydroxylation sites is 1. The van der Waals surface area contributed by atoms with E-state index >= 15 is 0 Å². The van der Waals surface area contributed by atoms with Crippen LogP contribution in [0.5, 0.6) is 5.75 Å². The Morgan fingerprint density at radius 2 is 1.87 bits per heavy atom. The number of halogens is 2. The summed E-state index contributed by atoms with van der Waals surface area (Å²) in [5.41, 5.74) is 0.268. The van der Waals surface area contributed by atoms with E-state index < -0.39 is 17.7 Å². The molecule has 0 aliphatic carbocycles. The number of ether oxygens (including phenoxy) is 1.